The van der Waals surface area contributed by atoms with Crippen molar-refractivity contribution in [3.63, 3.8) is 0 Å². The lowest BCUT2D eigenvalue weighted by Gasteiger charge is -2.12. The van der Waals surface area contributed by atoms with E-state index in [9.17, 15) is 14.9 Å². The maximum Gasteiger partial charge on any atom is 0.312 e. The lowest BCUT2D eigenvalue weighted by Crippen LogP contribution is -2.35. The zero-order chi connectivity index (χ0) is 14.6. The van der Waals surface area contributed by atoms with Gasteiger partial charge in [0.05, 0.1) is 4.92 Å². The summed E-state index contributed by atoms with van der Waals surface area (Å²) < 4.78 is 1.38. The summed E-state index contributed by atoms with van der Waals surface area (Å²) in [6, 6.07) is 0.101. The van der Waals surface area contributed by atoms with Crippen molar-refractivity contribution in [2.75, 3.05) is 0 Å². The normalized spacial score (nSPS) is 12.2. The molecule has 0 aliphatic rings. The minimum atomic E-state index is -0.466. The van der Waals surface area contributed by atoms with Gasteiger partial charge in [-0.2, -0.15) is 5.10 Å². The van der Waals surface area contributed by atoms with Crippen LogP contribution in [0.3, 0.4) is 0 Å². The van der Waals surface area contributed by atoms with Crippen molar-refractivity contribution in [2.45, 2.75) is 53.1 Å². The third-order valence-corrected chi connectivity index (χ3v) is 2.95. The van der Waals surface area contributed by atoms with Gasteiger partial charge in [0.25, 0.3) is 0 Å². The zero-order valence-corrected chi connectivity index (χ0v) is 11.8. The van der Waals surface area contributed by atoms with Crippen molar-refractivity contribution in [1.29, 1.82) is 0 Å². The zero-order valence-electron chi connectivity index (χ0n) is 11.8. The summed E-state index contributed by atoms with van der Waals surface area (Å²) in [5.74, 6) is -0.179. The molecule has 1 N–H and O–H groups in total. The Morgan fingerprint density at radius 1 is 1.53 bits per heavy atom. The Kier molecular flexibility index (Phi) is 5.02. The second kappa shape index (κ2) is 6.31. The molecular weight excluding hydrogens is 248 g/mol. The molecule has 0 unspecified atom stereocenters. The summed E-state index contributed by atoms with van der Waals surface area (Å²) in [6.07, 6.45) is 1.90. The Morgan fingerprint density at radius 2 is 2.16 bits per heavy atom. The largest absolute Gasteiger partial charge is 0.352 e. The maximum absolute atomic E-state index is 11.8. The molecule has 19 heavy (non-hydrogen) atoms. The van der Waals surface area contributed by atoms with Crippen LogP contribution in [0.5, 0.6) is 0 Å². The van der Waals surface area contributed by atoms with Crippen molar-refractivity contribution in [1.82, 2.24) is 15.1 Å². The number of aryl methyl sites for hydroxylation is 1. The minimum Gasteiger partial charge on any atom is -0.352 e. The summed E-state index contributed by atoms with van der Waals surface area (Å²) in [7, 11) is 0. The van der Waals surface area contributed by atoms with Crippen molar-refractivity contribution in [3.8, 4) is 0 Å². The molecule has 7 heteroatoms. The summed E-state index contributed by atoms with van der Waals surface area (Å²) in [5, 5.41) is 17.7. The number of rotatable bonds is 6. The smallest absolute Gasteiger partial charge is 0.312 e. The van der Waals surface area contributed by atoms with Gasteiger partial charge in [0.2, 0.25) is 5.91 Å². The molecule has 1 atom stereocenters. The van der Waals surface area contributed by atoms with E-state index in [-0.39, 0.29) is 24.2 Å². The van der Waals surface area contributed by atoms with E-state index in [1.807, 2.05) is 13.8 Å². The molecule has 0 aromatic carbocycles. The van der Waals surface area contributed by atoms with Crippen LogP contribution in [0.15, 0.2) is 0 Å². The van der Waals surface area contributed by atoms with Gasteiger partial charge < -0.3 is 5.32 Å². The topological polar surface area (TPSA) is 90.1 Å². The Labute approximate surface area is 112 Å². The summed E-state index contributed by atoms with van der Waals surface area (Å²) >= 11 is 0. The summed E-state index contributed by atoms with van der Waals surface area (Å²) in [5.41, 5.74) is 0.715. The molecule has 0 saturated heterocycles. The maximum atomic E-state index is 11.8. The van der Waals surface area contributed by atoms with Crippen LogP contribution in [0.4, 0.5) is 5.69 Å². The van der Waals surface area contributed by atoms with Gasteiger partial charge in [0.1, 0.15) is 17.9 Å². The van der Waals surface area contributed by atoms with Crippen LogP contribution >= 0.6 is 0 Å². The van der Waals surface area contributed by atoms with Gasteiger partial charge >= 0.3 is 5.69 Å². The van der Waals surface area contributed by atoms with Gasteiger partial charge in [-0.05, 0) is 27.2 Å². The van der Waals surface area contributed by atoms with E-state index in [1.165, 1.54) is 4.68 Å². The van der Waals surface area contributed by atoms with Crippen LogP contribution in [0.2, 0.25) is 0 Å². The van der Waals surface area contributed by atoms with E-state index < -0.39 is 4.92 Å². The first-order valence-corrected chi connectivity index (χ1v) is 6.34. The van der Waals surface area contributed by atoms with Gasteiger partial charge in [0.15, 0.2) is 0 Å². The molecule has 1 aromatic rings. The predicted octanol–water partition coefficient (Wildman–Crippen LogP) is 1.71. The van der Waals surface area contributed by atoms with E-state index in [0.717, 1.165) is 12.8 Å². The van der Waals surface area contributed by atoms with Crippen LogP contribution in [-0.4, -0.2) is 26.7 Å². The Bertz CT molecular complexity index is 482. The minimum absolute atomic E-state index is 0.00850. The van der Waals surface area contributed by atoms with Gasteiger partial charge in [-0.25, -0.2) is 0 Å². The van der Waals surface area contributed by atoms with Crippen molar-refractivity contribution >= 4 is 11.6 Å². The molecule has 0 spiro atoms. The summed E-state index contributed by atoms with van der Waals surface area (Å²) in [6.45, 7) is 7.16. The van der Waals surface area contributed by atoms with Crippen LogP contribution in [0.1, 0.15) is 38.1 Å². The third kappa shape index (κ3) is 3.77. The van der Waals surface area contributed by atoms with Crippen LogP contribution in [-0.2, 0) is 11.3 Å². The number of carbonyl (C=O) groups excluding carboxylic acids is 1. The average molecular weight is 268 g/mol. The molecule has 1 amide bonds. The fourth-order valence-corrected chi connectivity index (χ4v) is 2.07. The van der Waals surface area contributed by atoms with Crippen LogP contribution in [0, 0.1) is 24.0 Å². The lowest BCUT2D eigenvalue weighted by atomic mass is 10.2. The number of carbonyl (C=O) groups is 1. The SMILES string of the molecule is CCC[C@H](C)NC(=O)Cn1nc(C)c([N+](=O)[O-])c1C. The highest BCUT2D eigenvalue weighted by atomic mass is 16.6. The second-order valence-corrected chi connectivity index (χ2v) is 4.69. The van der Waals surface area contributed by atoms with Gasteiger partial charge in [-0.3, -0.25) is 19.6 Å². The summed E-state index contributed by atoms with van der Waals surface area (Å²) in [4.78, 5) is 22.2. The van der Waals surface area contributed by atoms with E-state index in [1.54, 1.807) is 13.8 Å². The van der Waals surface area contributed by atoms with Gasteiger partial charge in [0, 0.05) is 6.04 Å². The fraction of sp³-hybridized carbons (Fsp3) is 0.667. The standard InChI is InChI=1S/C12H20N4O3/c1-5-6-8(2)13-11(17)7-15-10(4)12(16(18)19)9(3)14-15/h8H,5-7H2,1-4H3,(H,13,17)/t8-/m0/s1. The third-order valence-electron chi connectivity index (χ3n) is 2.95. The lowest BCUT2D eigenvalue weighted by molar-refractivity contribution is -0.386. The van der Waals surface area contributed by atoms with Gasteiger partial charge in [-0.15, -0.1) is 0 Å². The van der Waals surface area contributed by atoms with Crippen molar-refractivity contribution < 1.29 is 9.72 Å². The van der Waals surface area contributed by atoms with E-state index in [2.05, 4.69) is 10.4 Å². The van der Waals surface area contributed by atoms with Gasteiger partial charge in [-0.1, -0.05) is 13.3 Å². The molecule has 0 saturated carbocycles. The molecule has 0 fully saturated rings. The molecule has 0 radical (unpaired) electrons. The highest BCUT2D eigenvalue weighted by Crippen LogP contribution is 2.21. The monoisotopic (exact) mass is 268 g/mol. The number of nitrogens with zero attached hydrogens (tertiary/aromatic N) is 3. The van der Waals surface area contributed by atoms with E-state index >= 15 is 0 Å². The molecule has 0 aliphatic heterocycles. The predicted molar refractivity (Wildman–Crippen MR) is 70.9 cm³/mol. The number of nitro groups is 1. The van der Waals surface area contributed by atoms with Crippen molar-refractivity contribution in [2.24, 2.45) is 0 Å². The van der Waals surface area contributed by atoms with E-state index in [4.69, 9.17) is 0 Å². The number of amides is 1. The number of aromatic nitrogens is 2. The first-order valence-electron chi connectivity index (χ1n) is 6.34. The highest BCUT2D eigenvalue weighted by Gasteiger charge is 2.22. The Morgan fingerprint density at radius 3 is 2.63 bits per heavy atom. The fourth-order valence-electron chi connectivity index (χ4n) is 2.07. The molecular formula is C12H20N4O3. The first kappa shape index (κ1) is 15.1. The quantitative estimate of drug-likeness (QED) is 0.628. The molecule has 1 heterocycles. The Hall–Kier alpha value is -1.92. The molecule has 0 bridgehead atoms. The van der Waals surface area contributed by atoms with Crippen molar-refractivity contribution in [3.05, 3.63) is 21.5 Å². The molecule has 7 nitrogen and oxygen atoms in total. The number of hydrogen-bond acceptors (Lipinski definition) is 4. The van der Waals surface area contributed by atoms with E-state index in [0.29, 0.717) is 11.4 Å². The molecule has 1 rings (SSSR count). The molecule has 0 aliphatic carbocycles. The highest BCUT2D eigenvalue weighted by molar-refractivity contribution is 5.76. The number of hydrogen-bond donors (Lipinski definition) is 1. The van der Waals surface area contributed by atoms with Crippen LogP contribution < -0.4 is 5.32 Å². The Balaban J connectivity index is 2.75. The average Bonchev–Trinajstić information content (AvgIpc) is 2.53. The number of nitrogens with one attached hydrogen (secondary N) is 1. The molecule has 106 valence electrons. The van der Waals surface area contributed by atoms with Crippen LogP contribution in [0.25, 0.3) is 0 Å². The molecule has 1 aromatic heterocycles. The second-order valence-electron chi connectivity index (χ2n) is 4.69. The first-order chi connectivity index (χ1) is 8.86.